The summed E-state index contributed by atoms with van der Waals surface area (Å²) in [6.07, 6.45) is 4.34. The van der Waals surface area contributed by atoms with E-state index in [-0.39, 0.29) is 18.4 Å². The van der Waals surface area contributed by atoms with Gasteiger partial charge in [0, 0.05) is 37.0 Å². The summed E-state index contributed by atoms with van der Waals surface area (Å²) in [6.45, 7) is 3.44. The summed E-state index contributed by atoms with van der Waals surface area (Å²) in [7, 11) is 0. The van der Waals surface area contributed by atoms with E-state index >= 15 is 0 Å². The zero-order chi connectivity index (χ0) is 14.4. The number of carbonyl (C=O) groups excluding carboxylic acids is 2. The van der Waals surface area contributed by atoms with Crippen LogP contribution >= 0.6 is 11.3 Å². The van der Waals surface area contributed by atoms with Crippen molar-refractivity contribution in [3.8, 4) is 0 Å². The first-order chi connectivity index (χ1) is 9.65. The zero-order valence-corrected chi connectivity index (χ0v) is 12.7. The number of amides is 2. The van der Waals surface area contributed by atoms with Gasteiger partial charge in [-0.25, -0.2) is 4.98 Å². The summed E-state index contributed by atoms with van der Waals surface area (Å²) in [5, 5.41) is 5.91. The molecule has 0 unspecified atom stereocenters. The molecule has 0 spiro atoms. The minimum atomic E-state index is -0.0754. The molecule has 1 aliphatic heterocycles. The molecule has 2 amide bonds. The number of hydrogen-bond acceptors (Lipinski definition) is 4. The fraction of sp³-hybridized carbons (Fsp3) is 0.643. The van der Waals surface area contributed by atoms with Crippen LogP contribution < -0.4 is 5.32 Å². The standard InChI is InChI=1S/C14H21N3O2S/c1-11-10-20-13(16-11)6-7-15-12(18)9-17-8-4-2-3-5-14(17)19/h10H,2-9H2,1H3,(H,15,18). The minimum absolute atomic E-state index is 0.0754. The lowest BCUT2D eigenvalue weighted by atomic mass is 10.2. The SMILES string of the molecule is Cc1csc(CCNC(=O)CN2CCCCCC2=O)n1. The van der Waals surface area contributed by atoms with Crippen LogP contribution in [0.25, 0.3) is 0 Å². The fourth-order valence-corrected chi connectivity index (χ4v) is 3.04. The van der Waals surface area contributed by atoms with Crippen LogP contribution in [-0.2, 0) is 16.0 Å². The summed E-state index contributed by atoms with van der Waals surface area (Å²) in [6, 6.07) is 0. The molecule has 0 atom stereocenters. The molecule has 0 aliphatic carbocycles. The van der Waals surface area contributed by atoms with Gasteiger partial charge in [0.25, 0.3) is 0 Å². The van der Waals surface area contributed by atoms with Crippen LogP contribution in [0.15, 0.2) is 5.38 Å². The lowest BCUT2D eigenvalue weighted by Crippen LogP contribution is -2.41. The summed E-state index contributed by atoms with van der Waals surface area (Å²) >= 11 is 1.61. The molecule has 1 fully saturated rings. The molecule has 6 heteroatoms. The van der Waals surface area contributed by atoms with Crippen molar-refractivity contribution in [1.29, 1.82) is 0 Å². The van der Waals surface area contributed by atoms with Gasteiger partial charge in [-0.15, -0.1) is 11.3 Å². The molecule has 2 heterocycles. The van der Waals surface area contributed by atoms with Gasteiger partial charge in [-0.05, 0) is 19.8 Å². The normalized spacial score (nSPS) is 16.1. The topological polar surface area (TPSA) is 62.3 Å². The molecule has 0 saturated carbocycles. The Balaban J connectivity index is 1.70. The number of aryl methyl sites for hydroxylation is 1. The molecule has 20 heavy (non-hydrogen) atoms. The zero-order valence-electron chi connectivity index (χ0n) is 11.9. The van der Waals surface area contributed by atoms with E-state index in [9.17, 15) is 9.59 Å². The number of likely N-dealkylation sites (tertiary alicyclic amines) is 1. The van der Waals surface area contributed by atoms with E-state index in [1.165, 1.54) is 0 Å². The maximum Gasteiger partial charge on any atom is 0.239 e. The van der Waals surface area contributed by atoms with E-state index in [0.717, 1.165) is 36.4 Å². The molecule has 1 aromatic heterocycles. The quantitative estimate of drug-likeness (QED) is 0.895. The molecule has 2 rings (SSSR count). The molecule has 5 nitrogen and oxygen atoms in total. The van der Waals surface area contributed by atoms with Crippen molar-refractivity contribution in [2.24, 2.45) is 0 Å². The molecule has 0 radical (unpaired) electrons. The van der Waals surface area contributed by atoms with Crippen molar-refractivity contribution in [3.05, 3.63) is 16.1 Å². The molecule has 0 aromatic carbocycles. The van der Waals surface area contributed by atoms with Crippen LogP contribution in [0.1, 0.15) is 36.4 Å². The third-order valence-electron chi connectivity index (χ3n) is 3.33. The fourth-order valence-electron chi connectivity index (χ4n) is 2.26. The molecule has 1 aromatic rings. The minimum Gasteiger partial charge on any atom is -0.354 e. The van der Waals surface area contributed by atoms with Gasteiger partial charge in [0.15, 0.2) is 0 Å². The molecule has 0 bridgehead atoms. The first-order valence-electron chi connectivity index (χ1n) is 7.10. The van der Waals surface area contributed by atoms with Gasteiger partial charge in [-0.3, -0.25) is 9.59 Å². The monoisotopic (exact) mass is 295 g/mol. The Morgan fingerprint density at radius 1 is 1.45 bits per heavy atom. The van der Waals surface area contributed by atoms with Crippen molar-refractivity contribution in [2.45, 2.75) is 39.0 Å². The van der Waals surface area contributed by atoms with Gasteiger partial charge in [-0.2, -0.15) is 0 Å². The lowest BCUT2D eigenvalue weighted by Gasteiger charge is -2.19. The Kier molecular flexibility index (Phi) is 5.52. The molecular formula is C14H21N3O2S. The number of rotatable bonds is 5. The van der Waals surface area contributed by atoms with Gasteiger partial charge in [0.2, 0.25) is 11.8 Å². The van der Waals surface area contributed by atoms with E-state index in [4.69, 9.17) is 0 Å². The van der Waals surface area contributed by atoms with Crippen molar-refractivity contribution in [3.63, 3.8) is 0 Å². The summed E-state index contributed by atoms with van der Waals surface area (Å²) < 4.78 is 0. The number of thiazole rings is 1. The third kappa shape index (κ3) is 4.59. The Morgan fingerprint density at radius 2 is 2.30 bits per heavy atom. The molecule has 110 valence electrons. The second-order valence-corrected chi connectivity index (χ2v) is 6.05. The Bertz CT molecular complexity index is 473. The van der Waals surface area contributed by atoms with Crippen LogP contribution in [0.2, 0.25) is 0 Å². The lowest BCUT2D eigenvalue weighted by molar-refractivity contribution is -0.135. The second kappa shape index (κ2) is 7.38. The van der Waals surface area contributed by atoms with Gasteiger partial charge < -0.3 is 10.2 Å². The largest absolute Gasteiger partial charge is 0.354 e. The van der Waals surface area contributed by atoms with E-state index < -0.39 is 0 Å². The number of aromatic nitrogens is 1. The van der Waals surface area contributed by atoms with Gasteiger partial charge >= 0.3 is 0 Å². The van der Waals surface area contributed by atoms with E-state index in [1.807, 2.05) is 12.3 Å². The second-order valence-electron chi connectivity index (χ2n) is 5.11. The molecule has 1 aliphatic rings. The van der Waals surface area contributed by atoms with Crippen molar-refractivity contribution >= 4 is 23.2 Å². The van der Waals surface area contributed by atoms with E-state index in [1.54, 1.807) is 16.2 Å². The van der Waals surface area contributed by atoms with Gasteiger partial charge in [0.05, 0.1) is 11.6 Å². The molecule has 1 saturated heterocycles. The number of nitrogens with one attached hydrogen (secondary N) is 1. The van der Waals surface area contributed by atoms with E-state index in [0.29, 0.717) is 19.5 Å². The highest BCUT2D eigenvalue weighted by Crippen LogP contribution is 2.11. The Labute approximate surface area is 123 Å². The third-order valence-corrected chi connectivity index (χ3v) is 4.36. The Hall–Kier alpha value is -1.43. The van der Waals surface area contributed by atoms with Crippen molar-refractivity contribution in [2.75, 3.05) is 19.6 Å². The maximum atomic E-state index is 11.8. The smallest absolute Gasteiger partial charge is 0.239 e. The first kappa shape index (κ1) is 15.0. The van der Waals surface area contributed by atoms with Gasteiger partial charge in [0.1, 0.15) is 0 Å². The molecular weight excluding hydrogens is 274 g/mol. The molecule has 1 N–H and O–H groups in total. The van der Waals surface area contributed by atoms with Crippen LogP contribution in [0.4, 0.5) is 0 Å². The van der Waals surface area contributed by atoms with Gasteiger partial charge in [-0.1, -0.05) is 6.42 Å². The highest BCUT2D eigenvalue weighted by molar-refractivity contribution is 7.09. The number of carbonyl (C=O) groups is 2. The first-order valence-corrected chi connectivity index (χ1v) is 7.98. The average molecular weight is 295 g/mol. The van der Waals surface area contributed by atoms with Crippen LogP contribution in [0.3, 0.4) is 0 Å². The summed E-state index contributed by atoms with van der Waals surface area (Å²) in [5.41, 5.74) is 1.02. The van der Waals surface area contributed by atoms with Crippen molar-refractivity contribution in [1.82, 2.24) is 15.2 Å². The van der Waals surface area contributed by atoms with E-state index in [2.05, 4.69) is 10.3 Å². The highest BCUT2D eigenvalue weighted by atomic mass is 32.1. The highest BCUT2D eigenvalue weighted by Gasteiger charge is 2.18. The average Bonchev–Trinajstić information content (AvgIpc) is 2.71. The predicted molar refractivity (Wildman–Crippen MR) is 78.6 cm³/mol. The summed E-state index contributed by atoms with van der Waals surface area (Å²) in [5.74, 6) is 0.0294. The van der Waals surface area contributed by atoms with Crippen molar-refractivity contribution < 1.29 is 9.59 Å². The predicted octanol–water partition coefficient (Wildman–Crippen LogP) is 1.51. The number of hydrogen-bond donors (Lipinski definition) is 1. The summed E-state index contributed by atoms with van der Waals surface area (Å²) in [4.78, 5) is 29.7. The van der Waals surface area contributed by atoms with Crippen LogP contribution in [0.5, 0.6) is 0 Å². The van der Waals surface area contributed by atoms with Crippen LogP contribution in [0, 0.1) is 6.92 Å². The number of nitrogens with zero attached hydrogens (tertiary/aromatic N) is 2. The maximum absolute atomic E-state index is 11.8. The van der Waals surface area contributed by atoms with Crippen LogP contribution in [-0.4, -0.2) is 41.3 Å². The Morgan fingerprint density at radius 3 is 3.05 bits per heavy atom.